The lowest BCUT2D eigenvalue weighted by Crippen LogP contribution is -2.33. The van der Waals surface area contributed by atoms with Crippen molar-refractivity contribution in [2.45, 2.75) is 26.2 Å². The molecule has 1 saturated carbocycles. The summed E-state index contributed by atoms with van der Waals surface area (Å²) in [5, 5.41) is 1.00. The van der Waals surface area contributed by atoms with Crippen LogP contribution in [0.4, 0.5) is 0 Å². The van der Waals surface area contributed by atoms with E-state index in [9.17, 15) is 4.79 Å². The number of rotatable bonds is 6. The first-order chi connectivity index (χ1) is 11.7. The van der Waals surface area contributed by atoms with E-state index >= 15 is 0 Å². The summed E-state index contributed by atoms with van der Waals surface area (Å²) in [6, 6.07) is 12.2. The normalized spacial score (nSPS) is 14.2. The number of thiazole rings is 1. The number of hydrogen-bond acceptors (Lipinski definition) is 4. The summed E-state index contributed by atoms with van der Waals surface area (Å²) in [6.07, 6.45) is 3.55. The van der Waals surface area contributed by atoms with Crippen LogP contribution in [0.25, 0.3) is 20.1 Å². The van der Waals surface area contributed by atoms with Crippen LogP contribution in [-0.2, 0) is 0 Å². The first-order valence-corrected chi connectivity index (χ1v) is 10.1. The fraction of sp³-hybridized carbons (Fsp3) is 0.368. The largest absolute Gasteiger partial charge is 0.338 e. The number of benzene rings is 1. The minimum absolute atomic E-state index is 0.182. The predicted octanol–water partition coefficient (Wildman–Crippen LogP) is 5.29. The average molecular weight is 357 g/mol. The first kappa shape index (κ1) is 15.8. The van der Waals surface area contributed by atoms with Crippen molar-refractivity contribution in [3.63, 3.8) is 0 Å². The highest BCUT2D eigenvalue weighted by Gasteiger charge is 2.27. The summed E-state index contributed by atoms with van der Waals surface area (Å²) in [6.45, 7) is 3.90. The SMILES string of the molecule is CCCN(CC1CC1)C(=O)c1ccc(-c2nc3ccccc3s2)s1. The van der Waals surface area contributed by atoms with Crippen LogP contribution < -0.4 is 0 Å². The van der Waals surface area contributed by atoms with Gasteiger partial charge in [-0.05, 0) is 49.4 Å². The Kier molecular flexibility index (Phi) is 4.37. The molecule has 0 radical (unpaired) electrons. The molecule has 1 aliphatic rings. The van der Waals surface area contributed by atoms with Crippen molar-refractivity contribution in [3.8, 4) is 9.88 Å². The fourth-order valence-corrected chi connectivity index (χ4v) is 4.85. The number of nitrogens with zero attached hydrogens (tertiary/aromatic N) is 2. The highest BCUT2D eigenvalue weighted by atomic mass is 32.1. The van der Waals surface area contributed by atoms with Crippen LogP contribution in [0, 0.1) is 5.92 Å². The zero-order valence-electron chi connectivity index (χ0n) is 13.7. The molecule has 24 heavy (non-hydrogen) atoms. The molecule has 3 nitrogen and oxygen atoms in total. The van der Waals surface area contributed by atoms with Gasteiger partial charge in [-0.3, -0.25) is 4.79 Å². The fourth-order valence-electron chi connectivity index (χ4n) is 2.86. The van der Waals surface area contributed by atoms with Crippen LogP contribution in [0.2, 0.25) is 0 Å². The van der Waals surface area contributed by atoms with Gasteiger partial charge in [0.15, 0.2) is 0 Å². The second-order valence-electron chi connectivity index (χ2n) is 6.35. The van der Waals surface area contributed by atoms with Crippen LogP contribution in [0.15, 0.2) is 36.4 Å². The minimum Gasteiger partial charge on any atom is -0.338 e. The molecule has 0 atom stereocenters. The van der Waals surface area contributed by atoms with Gasteiger partial charge in [-0.1, -0.05) is 19.1 Å². The van der Waals surface area contributed by atoms with Crippen molar-refractivity contribution in [1.82, 2.24) is 9.88 Å². The van der Waals surface area contributed by atoms with E-state index in [4.69, 9.17) is 4.98 Å². The van der Waals surface area contributed by atoms with Gasteiger partial charge < -0.3 is 4.90 Å². The zero-order valence-corrected chi connectivity index (χ0v) is 15.3. The molecule has 1 aliphatic carbocycles. The number of thiophene rings is 1. The quantitative estimate of drug-likeness (QED) is 0.601. The molecular weight excluding hydrogens is 336 g/mol. The Labute approximate surface area is 150 Å². The number of hydrogen-bond donors (Lipinski definition) is 0. The molecule has 1 aromatic carbocycles. The standard InChI is InChI=1S/C19H20N2OS2/c1-2-11-21(12-13-7-8-13)19(22)17-10-9-16(23-17)18-20-14-5-3-4-6-15(14)24-18/h3-6,9-10,13H,2,7-8,11-12H2,1H3. The van der Waals surface area contributed by atoms with Gasteiger partial charge in [-0.2, -0.15) is 0 Å². The van der Waals surface area contributed by atoms with Crippen molar-refractivity contribution in [1.29, 1.82) is 0 Å². The van der Waals surface area contributed by atoms with Crippen molar-refractivity contribution < 1.29 is 4.79 Å². The maximum atomic E-state index is 12.8. The Balaban J connectivity index is 1.57. The molecular formula is C19H20N2OS2. The minimum atomic E-state index is 0.182. The lowest BCUT2D eigenvalue weighted by atomic mass is 10.3. The molecule has 5 heteroatoms. The Morgan fingerprint density at radius 2 is 2.04 bits per heavy atom. The summed E-state index contributed by atoms with van der Waals surface area (Å²) in [7, 11) is 0. The Morgan fingerprint density at radius 3 is 2.79 bits per heavy atom. The van der Waals surface area contributed by atoms with Gasteiger partial charge in [0.1, 0.15) is 5.01 Å². The molecule has 3 aromatic rings. The third-order valence-electron chi connectivity index (χ3n) is 4.28. The van der Waals surface area contributed by atoms with E-state index < -0.39 is 0 Å². The maximum Gasteiger partial charge on any atom is 0.263 e. The van der Waals surface area contributed by atoms with E-state index in [1.807, 2.05) is 35.2 Å². The highest BCUT2D eigenvalue weighted by Crippen LogP contribution is 2.35. The second kappa shape index (κ2) is 6.65. The van der Waals surface area contributed by atoms with Gasteiger partial charge in [0.05, 0.1) is 20.0 Å². The van der Waals surface area contributed by atoms with E-state index in [1.165, 1.54) is 17.5 Å². The maximum absolute atomic E-state index is 12.8. The van der Waals surface area contributed by atoms with Crippen LogP contribution in [-0.4, -0.2) is 28.9 Å². The van der Waals surface area contributed by atoms with Crippen LogP contribution in [0.3, 0.4) is 0 Å². The van der Waals surface area contributed by atoms with E-state index in [1.54, 1.807) is 22.7 Å². The Hall–Kier alpha value is -1.72. The molecule has 4 rings (SSSR count). The van der Waals surface area contributed by atoms with Gasteiger partial charge in [0.2, 0.25) is 0 Å². The molecule has 1 fully saturated rings. The average Bonchev–Trinajstić information content (AvgIpc) is 3.12. The summed E-state index contributed by atoms with van der Waals surface area (Å²) < 4.78 is 1.19. The predicted molar refractivity (Wildman–Crippen MR) is 102 cm³/mol. The lowest BCUT2D eigenvalue weighted by Gasteiger charge is -2.21. The topological polar surface area (TPSA) is 33.2 Å². The monoisotopic (exact) mass is 356 g/mol. The van der Waals surface area contributed by atoms with Crippen LogP contribution >= 0.6 is 22.7 Å². The van der Waals surface area contributed by atoms with Gasteiger partial charge in [-0.15, -0.1) is 22.7 Å². The zero-order chi connectivity index (χ0) is 16.5. The van der Waals surface area contributed by atoms with Crippen LogP contribution in [0.1, 0.15) is 35.9 Å². The van der Waals surface area contributed by atoms with Gasteiger partial charge in [0.25, 0.3) is 5.91 Å². The molecule has 2 aromatic heterocycles. The van der Waals surface area contributed by atoms with Crippen molar-refractivity contribution in [2.75, 3.05) is 13.1 Å². The van der Waals surface area contributed by atoms with Crippen molar-refractivity contribution in [2.24, 2.45) is 5.92 Å². The number of carbonyl (C=O) groups excluding carboxylic acids is 1. The lowest BCUT2D eigenvalue weighted by molar-refractivity contribution is 0.0752. The number of amides is 1. The number of carbonyl (C=O) groups is 1. The molecule has 2 heterocycles. The second-order valence-corrected chi connectivity index (χ2v) is 8.46. The smallest absolute Gasteiger partial charge is 0.263 e. The van der Waals surface area contributed by atoms with Crippen LogP contribution in [0.5, 0.6) is 0 Å². The number of para-hydroxylation sites is 1. The Morgan fingerprint density at radius 1 is 1.21 bits per heavy atom. The molecule has 0 unspecified atom stereocenters. The molecule has 124 valence electrons. The third-order valence-corrected chi connectivity index (χ3v) is 6.56. The first-order valence-electron chi connectivity index (χ1n) is 8.49. The molecule has 0 spiro atoms. The number of aromatic nitrogens is 1. The molecule has 0 saturated heterocycles. The summed E-state index contributed by atoms with van der Waals surface area (Å²) >= 11 is 3.26. The third kappa shape index (κ3) is 3.23. The summed E-state index contributed by atoms with van der Waals surface area (Å²) in [4.78, 5) is 21.5. The van der Waals surface area contributed by atoms with Crippen molar-refractivity contribution >= 4 is 38.8 Å². The van der Waals surface area contributed by atoms with E-state index in [0.29, 0.717) is 0 Å². The van der Waals surface area contributed by atoms with Gasteiger partial charge in [-0.25, -0.2) is 4.98 Å². The Bertz CT molecular complexity index is 830. The van der Waals surface area contributed by atoms with Gasteiger partial charge >= 0.3 is 0 Å². The number of fused-ring (bicyclic) bond motifs is 1. The highest BCUT2D eigenvalue weighted by molar-refractivity contribution is 7.26. The van der Waals surface area contributed by atoms with Crippen molar-refractivity contribution in [3.05, 3.63) is 41.3 Å². The summed E-state index contributed by atoms with van der Waals surface area (Å²) in [5.74, 6) is 0.908. The molecule has 0 bridgehead atoms. The summed E-state index contributed by atoms with van der Waals surface area (Å²) in [5.41, 5.74) is 1.03. The molecule has 0 aliphatic heterocycles. The molecule has 0 N–H and O–H groups in total. The van der Waals surface area contributed by atoms with E-state index in [2.05, 4.69) is 13.0 Å². The van der Waals surface area contributed by atoms with Gasteiger partial charge in [0, 0.05) is 13.1 Å². The molecule has 1 amide bonds. The van der Waals surface area contributed by atoms with E-state index in [-0.39, 0.29) is 5.91 Å². The van der Waals surface area contributed by atoms with E-state index in [0.717, 1.165) is 45.7 Å².